The molecule has 0 N–H and O–H groups in total. The van der Waals surface area contributed by atoms with Crippen LogP contribution in [0, 0.1) is 10.8 Å². The molecule has 0 unspecified atom stereocenters. The Morgan fingerprint density at radius 2 is 1.31 bits per heavy atom. The van der Waals surface area contributed by atoms with E-state index in [9.17, 15) is 4.79 Å². The maximum absolute atomic E-state index is 11.6. The number of allylic oxidation sites excluding steroid dienone is 2. The Morgan fingerprint density at radius 3 is 1.54 bits per heavy atom. The lowest BCUT2D eigenvalue weighted by Crippen LogP contribution is -2.19. The first-order valence-corrected chi connectivity index (χ1v) is 4.78. The molecule has 0 aliphatic rings. The predicted octanol–water partition coefficient (Wildman–Crippen LogP) is 3.59. The molecule has 0 radical (unpaired) electrons. The van der Waals surface area contributed by atoms with E-state index in [1.54, 1.807) is 6.08 Å². The van der Waals surface area contributed by atoms with Gasteiger partial charge in [-0.2, -0.15) is 0 Å². The minimum atomic E-state index is -0.257. The van der Waals surface area contributed by atoms with E-state index in [0.29, 0.717) is 0 Å². The molecule has 0 aromatic heterocycles. The molecule has 0 aromatic rings. The van der Waals surface area contributed by atoms with Crippen molar-refractivity contribution in [1.29, 1.82) is 0 Å². The predicted molar refractivity (Wildman–Crippen MR) is 57.7 cm³/mol. The molecule has 0 atom stereocenters. The second-order valence-corrected chi connectivity index (χ2v) is 5.69. The number of hydrogen-bond donors (Lipinski definition) is 0. The Hall–Kier alpha value is -0.590. The summed E-state index contributed by atoms with van der Waals surface area (Å²) in [7, 11) is 0. The van der Waals surface area contributed by atoms with Crippen molar-refractivity contribution in [3.05, 3.63) is 11.6 Å². The van der Waals surface area contributed by atoms with Crippen molar-refractivity contribution in [1.82, 2.24) is 0 Å². The third-order valence-electron chi connectivity index (χ3n) is 2.27. The first-order valence-electron chi connectivity index (χ1n) is 4.78. The van der Waals surface area contributed by atoms with Gasteiger partial charge in [-0.05, 0) is 18.4 Å². The van der Waals surface area contributed by atoms with Crippen molar-refractivity contribution >= 4 is 5.78 Å². The fourth-order valence-corrected chi connectivity index (χ4v) is 0.630. The van der Waals surface area contributed by atoms with Gasteiger partial charge in [-0.25, -0.2) is 0 Å². The molecule has 0 bridgehead atoms. The van der Waals surface area contributed by atoms with Crippen LogP contribution in [0.3, 0.4) is 0 Å². The van der Waals surface area contributed by atoms with Crippen LogP contribution < -0.4 is 0 Å². The van der Waals surface area contributed by atoms with Crippen molar-refractivity contribution in [2.45, 2.75) is 48.5 Å². The van der Waals surface area contributed by atoms with Crippen molar-refractivity contribution in [2.75, 3.05) is 0 Å². The molecule has 1 heteroatoms. The van der Waals surface area contributed by atoms with Gasteiger partial charge < -0.3 is 0 Å². The maximum atomic E-state index is 11.6. The maximum Gasteiger partial charge on any atom is 0.160 e. The second kappa shape index (κ2) is 3.65. The van der Waals surface area contributed by atoms with E-state index < -0.39 is 0 Å². The van der Waals surface area contributed by atoms with E-state index in [1.165, 1.54) is 0 Å². The molecule has 0 heterocycles. The zero-order valence-corrected chi connectivity index (χ0v) is 9.99. The van der Waals surface area contributed by atoms with E-state index in [2.05, 4.69) is 20.8 Å². The lowest BCUT2D eigenvalue weighted by molar-refractivity contribution is -0.121. The third-order valence-corrected chi connectivity index (χ3v) is 2.27. The van der Waals surface area contributed by atoms with Crippen LogP contribution in [0.2, 0.25) is 0 Å². The molecular weight excluding hydrogens is 160 g/mol. The van der Waals surface area contributed by atoms with Crippen LogP contribution in [-0.4, -0.2) is 5.78 Å². The van der Waals surface area contributed by atoms with Crippen LogP contribution >= 0.6 is 0 Å². The van der Waals surface area contributed by atoms with Crippen LogP contribution in [-0.2, 0) is 4.79 Å². The Kier molecular flexibility index (Phi) is 3.48. The summed E-state index contributed by atoms with van der Waals surface area (Å²) < 4.78 is 0. The number of carbonyl (C=O) groups excluding carboxylic acids is 1. The summed E-state index contributed by atoms with van der Waals surface area (Å²) in [6.45, 7) is 14.2. The Bertz CT molecular complexity index is 220. The fourth-order valence-electron chi connectivity index (χ4n) is 0.630. The first kappa shape index (κ1) is 12.4. The quantitative estimate of drug-likeness (QED) is 0.566. The highest BCUT2D eigenvalue weighted by atomic mass is 16.1. The van der Waals surface area contributed by atoms with Gasteiger partial charge in [0, 0.05) is 5.41 Å². The topological polar surface area (TPSA) is 17.1 Å². The monoisotopic (exact) mass is 182 g/mol. The molecule has 0 spiro atoms. The van der Waals surface area contributed by atoms with Gasteiger partial charge in [0.25, 0.3) is 0 Å². The molecule has 76 valence electrons. The number of rotatable bonds is 1. The molecule has 0 aliphatic heterocycles. The summed E-state index contributed by atoms with van der Waals surface area (Å²) >= 11 is 0. The second-order valence-electron chi connectivity index (χ2n) is 5.69. The first-order chi connectivity index (χ1) is 5.55. The summed E-state index contributed by atoms with van der Waals surface area (Å²) in [6.07, 6.45) is 1.78. The smallest absolute Gasteiger partial charge is 0.160 e. The summed E-state index contributed by atoms with van der Waals surface area (Å²) in [5, 5.41) is 0. The van der Waals surface area contributed by atoms with Crippen LogP contribution in [0.1, 0.15) is 48.5 Å². The fraction of sp³-hybridized carbons (Fsp3) is 0.750. The van der Waals surface area contributed by atoms with Gasteiger partial charge in [0.2, 0.25) is 0 Å². The minimum absolute atomic E-state index is 0.0981. The molecule has 0 saturated carbocycles. The molecule has 0 amide bonds. The van der Waals surface area contributed by atoms with E-state index in [-0.39, 0.29) is 16.6 Å². The van der Waals surface area contributed by atoms with Crippen molar-refractivity contribution in [2.24, 2.45) is 10.8 Å². The van der Waals surface area contributed by atoms with E-state index >= 15 is 0 Å². The number of ketones is 1. The van der Waals surface area contributed by atoms with Crippen LogP contribution in [0.5, 0.6) is 0 Å². The lowest BCUT2D eigenvalue weighted by Gasteiger charge is -2.21. The van der Waals surface area contributed by atoms with E-state index in [0.717, 1.165) is 5.57 Å². The highest BCUT2D eigenvalue weighted by molar-refractivity contribution is 5.94. The van der Waals surface area contributed by atoms with Gasteiger partial charge in [0.15, 0.2) is 5.78 Å². The normalized spacial score (nSPS) is 14.5. The molecule has 0 aromatic carbocycles. The summed E-state index contributed by atoms with van der Waals surface area (Å²) in [5.74, 6) is 0.208. The summed E-state index contributed by atoms with van der Waals surface area (Å²) in [4.78, 5) is 11.6. The average molecular weight is 182 g/mol. The summed E-state index contributed by atoms with van der Waals surface area (Å²) in [5.41, 5.74) is 0.986. The zero-order chi connectivity index (χ0) is 10.9. The third kappa shape index (κ3) is 4.25. The van der Waals surface area contributed by atoms with Gasteiger partial charge >= 0.3 is 0 Å². The molecule has 0 aliphatic carbocycles. The van der Waals surface area contributed by atoms with Gasteiger partial charge in [0.05, 0.1) is 0 Å². The van der Waals surface area contributed by atoms with Crippen molar-refractivity contribution in [3.63, 3.8) is 0 Å². The van der Waals surface area contributed by atoms with Crippen LogP contribution in [0.25, 0.3) is 0 Å². The molecule has 13 heavy (non-hydrogen) atoms. The van der Waals surface area contributed by atoms with Crippen LogP contribution in [0.15, 0.2) is 11.6 Å². The van der Waals surface area contributed by atoms with Gasteiger partial charge in [-0.3, -0.25) is 4.79 Å². The van der Waals surface area contributed by atoms with Crippen LogP contribution in [0.4, 0.5) is 0 Å². The van der Waals surface area contributed by atoms with E-state index in [4.69, 9.17) is 0 Å². The van der Waals surface area contributed by atoms with Crippen molar-refractivity contribution in [3.8, 4) is 0 Å². The molecule has 0 fully saturated rings. The van der Waals surface area contributed by atoms with Gasteiger partial charge in [0.1, 0.15) is 0 Å². The Morgan fingerprint density at radius 1 is 0.923 bits per heavy atom. The Labute approximate surface area is 82.2 Å². The minimum Gasteiger partial charge on any atom is -0.294 e. The molecule has 0 rings (SSSR count). The largest absolute Gasteiger partial charge is 0.294 e. The highest BCUT2D eigenvalue weighted by Crippen LogP contribution is 2.26. The summed E-state index contributed by atoms with van der Waals surface area (Å²) in [6, 6.07) is 0. The Balaban J connectivity index is 4.70. The average Bonchev–Trinajstić information content (AvgIpc) is 1.82. The van der Waals surface area contributed by atoms with Gasteiger partial charge in [-0.1, -0.05) is 47.1 Å². The molecule has 0 saturated heterocycles. The zero-order valence-electron chi connectivity index (χ0n) is 9.99. The molecule has 1 nitrogen and oxygen atoms in total. The lowest BCUT2D eigenvalue weighted by atomic mass is 9.83. The number of carbonyl (C=O) groups is 1. The number of hydrogen-bond acceptors (Lipinski definition) is 1. The van der Waals surface area contributed by atoms with Crippen molar-refractivity contribution < 1.29 is 4.79 Å². The standard InChI is InChI=1S/C12H22O/c1-9(11(2,3)4)8-10(13)12(5,6)7/h8H,1-7H3/b9-8+. The SMILES string of the molecule is C/C(=C\C(=O)C(C)(C)C)C(C)(C)C. The van der Waals surface area contributed by atoms with E-state index in [1.807, 2.05) is 27.7 Å². The molecular formula is C12H22O. The highest BCUT2D eigenvalue weighted by Gasteiger charge is 2.21. The van der Waals surface area contributed by atoms with Gasteiger partial charge in [-0.15, -0.1) is 0 Å².